The molecule has 3 rings (SSSR count). The lowest BCUT2D eigenvalue weighted by atomic mass is 9.84. The summed E-state index contributed by atoms with van der Waals surface area (Å²) in [7, 11) is 3.67. The SMILES string of the molecule is COC(=O)c1sc(N2CCC3C(CCCN3C)C2)nc1C. The third-order valence-electron chi connectivity index (χ3n) is 4.77. The second-order valence-electron chi connectivity index (χ2n) is 6.09. The Balaban J connectivity index is 1.75. The molecule has 5 nitrogen and oxygen atoms in total. The quantitative estimate of drug-likeness (QED) is 0.783. The van der Waals surface area contributed by atoms with E-state index in [1.165, 1.54) is 44.3 Å². The molecule has 0 amide bonds. The zero-order valence-corrected chi connectivity index (χ0v) is 13.8. The number of carbonyl (C=O) groups is 1. The molecule has 2 unspecified atom stereocenters. The lowest BCUT2D eigenvalue weighted by Crippen LogP contribution is -2.52. The van der Waals surface area contributed by atoms with Crippen molar-refractivity contribution >= 4 is 22.4 Å². The summed E-state index contributed by atoms with van der Waals surface area (Å²) < 4.78 is 4.82. The third kappa shape index (κ3) is 2.79. The maximum atomic E-state index is 11.7. The number of aryl methyl sites for hydroxylation is 1. The fourth-order valence-corrected chi connectivity index (χ4v) is 4.65. The highest BCUT2D eigenvalue weighted by atomic mass is 32.1. The number of esters is 1. The van der Waals surface area contributed by atoms with Crippen LogP contribution in [0.5, 0.6) is 0 Å². The topological polar surface area (TPSA) is 45.7 Å². The number of thiazole rings is 1. The number of ether oxygens (including phenoxy) is 1. The minimum atomic E-state index is -0.275. The summed E-state index contributed by atoms with van der Waals surface area (Å²) in [5, 5.41) is 0.972. The number of hydrogen-bond donors (Lipinski definition) is 0. The minimum Gasteiger partial charge on any atom is -0.465 e. The van der Waals surface area contributed by atoms with Gasteiger partial charge in [-0.2, -0.15) is 0 Å². The Morgan fingerprint density at radius 3 is 2.95 bits per heavy atom. The molecular formula is C15H23N3O2S. The molecule has 0 spiro atoms. The Morgan fingerprint density at radius 2 is 2.19 bits per heavy atom. The molecule has 0 aliphatic carbocycles. The van der Waals surface area contributed by atoms with E-state index < -0.39 is 0 Å². The highest BCUT2D eigenvalue weighted by Crippen LogP contribution is 2.34. The molecule has 3 heterocycles. The second-order valence-corrected chi connectivity index (χ2v) is 7.07. The molecule has 0 N–H and O–H groups in total. The molecule has 116 valence electrons. The number of methoxy groups -OCH3 is 1. The molecule has 2 saturated heterocycles. The molecule has 6 heteroatoms. The monoisotopic (exact) mass is 309 g/mol. The van der Waals surface area contributed by atoms with Crippen LogP contribution in [0.3, 0.4) is 0 Å². The first-order chi connectivity index (χ1) is 10.1. The number of aromatic nitrogens is 1. The van der Waals surface area contributed by atoms with Gasteiger partial charge >= 0.3 is 5.97 Å². The molecule has 2 atom stereocenters. The molecule has 2 aliphatic rings. The fourth-order valence-electron chi connectivity index (χ4n) is 3.63. The summed E-state index contributed by atoms with van der Waals surface area (Å²) >= 11 is 1.47. The molecule has 0 aromatic carbocycles. The predicted molar refractivity (Wildman–Crippen MR) is 84.2 cm³/mol. The molecule has 2 aliphatic heterocycles. The Morgan fingerprint density at radius 1 is 1.38 bits per heavy atom. The van der Waals surface area contributed by atoms with Crippen LogP contribution in [0, 0.1) is 12.8 Å². The number of nitrogens with zero attached hydrogens (tertiary/aromatic N) is 3. The maximum absolute atomic E-state index is 11.7. The fraction of sp³-hybridized carbons (Fsp3) is 0.733. The van der Waals surface area contributed by atoms with Gasteiger partial charge in [-0.05, 0) is 45.7 Å². The normalized spacial score (nSPS) is 26.5. The van der Waals surface area contributed by atoms with Crippen LogP contribution in [0.2, 0.25) is 0 Å². The van der Waals surface area contributed by atoms with Gasteiger partial charge in [-0.15, -0.1) is 0 Å². The summed E-state index contributed by atoms with van der Waals surface area (Å²) in [5.74, 6) is 0.451. The van der Waals surface area contributed by atoms with E-state index in [2.05, 4.69) is 21.8 Å². The van der Waals surface area contributed by atoms with Gasteiger partial charge in [-0.25, -0.2) is 9.78 Å². The molecule has 0 radical (unpaired) electrons. The Bertz CT molecular complexity index is 531. The molecule has 0 bridgehead atoms. The van der Waals surface area contributed by atoms with E-state index in [4.69, 9.17) is 4.74 Å². The van der Waals surface area contributed by atoms with Crippen LogP contribution in [0.4, 0.5) is 5.13 Å². The van der Waals surface area contributed by atoms with Crippen LogP contribution in [0.1, 0.15) is 34.6 Å². The Labute approximate surface area is 129 Å². The summed E-state index contributed by atoms with van der Waals surface area (Å²) in [6.45, 7) is 5.19. The van der Waals surface area contributed by atoms with Crippen molar-refractivity contribution in [1.29, 1.82) is 0 Å². The number of fused-ring (bicyclic) bond motifs is 1. The van der Waals surface area contributed by atoms with Gasteiger partial charge in [0.05, 0.1) is 12.8 Å². The van der Waals surface area contributed by atoms with Crippen LogP contribution in [-0.2, 0) is 4.74 Å². The summed E-state index contributed by atoms with van der Waals surface area (Å²) in [6.07, 6.45) is 3.78. The average Bonchev–Trinajstić information content (AvgIpc) is 2.88. The number of carbonyl (C=O) groups excluding carboxylic acids is 1. The number of rotatable bonds is 2. The maximum Gasteiger partial charge on any atom is 0.350 e. The van der Waals surface area contributed by atoms with Crippen molar-refractivity contribution < 1.29 is 9.53 Å². The van der Waals surface area contributed by atoms with Gasteiger partial charge in [0.25, 0.3) is 0 Å². The van der Waals surface area contributed by atoms with Crippen molar-refractivity contribution in [3.63, 3.8) is 0 Å². The van der Waals surface area contributed by atoms with Crippen molar-refractivity contribution in [2.45, 2.75) is 32.2 Å². The van der Waals surface area contributed by atoms with Gasteiger partial charge in [0.2, 0.25) is 0 Å². The lowest BCUT2D eigenvalue weighted by Gasteiger charge is -2.45. The van der Waals surface area contributed by atoms with E-state index >= 15 is 0 Å². The van der Waals surface area contributed by atoms with E-state index in [0.29, 0.717) is 4.88 Å². The second kappa shape index (κ2) is 5.93. The first-order valence-electron chi connectivity index (χ1n) is 7.61. The molecule has 1 aromatic heterocycles. The standard InChI is InChI=1S/C15H23N3O2S/c1-10-13(14(19)20-3)21-15(16-10)18-8-6-12-11(9-18)5-4-7-17(12)2/h11-12H,4-9H2,1-3H3. The first-order valence-corrected chi connectivity index (χ1v) is 8.42. The lowest BCUT2D eigenvalue weighted by molar-refractivity contribution is 0.0605. The number of piperidine rings is 2. The van der Waals surface area contributed by atoms with Crippen LogP contribution in [0.15, 0.2) is 0 Å². The van der Waals surface area contributed by atoms with E-state index in [-0.39, 0.29) is 5.97 Å². The first kappa shape index (κ1) is 14.8. The van der Waals surface area contributed by atoms with E-state index in [0.717, 1.165) is 35.9 Å². The smallest absolute Gasteiger partial charge is 0.350 e. The van der Waals surface area contributed by atoms with Gasteiger partial charge in [0, 0.05) is 19.1 Å². The zero-order valence-electron chi connectivity index (χ0n) is 13.0. The van der Waals surface area contributed by atoms with Crippen LogP contribution >= 0.6 is 11.3 Å². The number of anilines is 1. The highest BCUT2D eigenvalue weighted by molar-refractivity contribution is 7.17. The van der Waals surface area contributed by atoms with E-state index in [1.54, 1.807) is 0 Å². The largest absolute Gasteiger partial charge is 0.465 e. The van der Waals surface area contributed by atoms with Gasteiger partial charge in [-0.1, -0.05) is 11.3 Å². The van der Waals surface area contributed by atoms with Crippen LogP contribution in [-0.4, -0.2) is 55.7 Å². The summed E-state index contributed by atoms with van der Waals surface area (Å²) in [4.78, 5) is 21.8. The molecular weight excluding hydrogens is 286 g/mol. The average molecular weight is 309 g/mol. The zero-order chi connectivity index (χ0) is 15.0. The Kier molecular flexibility index (Phi) is 4.17. The Hall–Kier alpha value is -1.14. The van der Waals surface area contributed by atoms with Crippen molar-refractivity contribution in [1.82, 2.24) is 9.88 Å². The minimum absolute atomic E-state index is 0.275. The van der Waals surface area contributed by atoms with E-state index in [1.807, 2.05) is 6.92 Å². The van der Waals surface area contributed by atoms with Gasteiger partial charge in [-0.3, -0.25) is 0 Å². The molecule has 21 heavy (non-hydrogen) atoms. The number of hydrogen-bond acceptors (Lipinski definition) is 6. The van der Waals surface area contributed by atoms with Gasteiger partial charge in [0.1, 0.15) is 4.88 Å². The summed E-state index contributed by atoms with van der Waals surface area (Å²) in [6, 6.07) is 0.719. The third-order valence-corrected chi connectivity index (χ3v) is 5.97. The molecule has 0 saturated carbocycles. The summed E-state index contributed by atoms with van der Waals surface area (Å²) in [5.41, 5.74) is 0.782. The predicted octanol–water partition coefficient (Wildman–Crippen LogP) is 2.16. The van der Waals surface area contributed by atoms with Gasteiger partial charge < -0.3 is 14.5 Å². The molecule has 1 aromatic rings. The van der Waals surface area contributed by atoms with Crippen LogP contribution < -0.4 is 4.90 Å². The van der Waals surface area contributed by atoms with Gasteiger partial charge in [0.15, 0.2) is 5.13 Å². The van der Waals surface area contributed by atoms with Crippen molar-refractivity contribution in [2.24, 2.45) is 5.92 Å². The van der Waals surface area contributed by atoms with Crippen molar-refractivity contribution in [3.05, 3.63) is 10.6 Å². The molecule has 2 fully saturated rings. The van der Waals surface area contributed by atoms with Crippen molar-refractivity contribution in [3.8, 4) is 0 Å². The van der Waals surface area contributed by atoms with Crippen LogP contribution in [0.25, 0.3) is 0 Å². The highest BCUT2D eigenvalue weighted by Gasteiger charge is 2.35. The number of likely N-dealkylation sites (tertiary alicyclic amines) is 1. The van der Waals surface area contributed by atoms with E-state index in [9.17, 15) is 4.79 Å². The van der Waals surface area contributed by atoms with Crippen molar-refractivity contribution in [2.75, 3.05) is 38.7 Å².